The van der Waals surface area contributed by atoms with Crippen LogP contribution in [0.5, 0.6) is 5.75 Å². The van der Waals surface area contributed by atoms with Crippen LogP contribution in [-0.2, 0) is 16.1 Å². The normalized spacial score (nSPS) is 17.4. The van der Waals surface area contributed by atoms with Crippen molar-refractivity contribution in [1.29, 1.82) is 0 Å². The number of benzene rings is 1. The van der Waals surface area contributed by atoms with Crippen molar-refractivity contribution in [3.05, 3.63) is 29.8 Å². The van der Waals surface area contributed by atoms with Gasteiger partial charge in [-0.2, -0.15) is 0 Å². The highest BCUT2D eigenvalue weighted by atomic mass is 16.5. The minimum absolute atomic E-state index is 0.649. The molecule has 5 heteroatoms. The third-order valence-corrected chi connectivity index (χ3v) is 3.98. The van der Waals surface area contributed by atoms with Crippen molar-refractivity contribution in [1.82, 2.24) is 4.90 Å². The van der Waals surface area contributed by atoms with Gasteiger partial charge in [-0.1, -0.05) is 18.2 Å². The van der Waals surface area contributed by atoms with E-state index in [1.807, 2.05) is 24.3 Å². The van der Waals surface area contributed by atoms with E-state index in [1.165, 1.54) is 0 Å². The topological polar surface area (TPSA) is 59.0 Å². The summed E-state index contributed by atoms with van der Waals surface area (Å²) in [6.45, 7) is 5.03. The fraction of sp³-hybridized carbons (Fsp3) is 0.588. The molecule has 0 spiro atoms. The van der Waals surface area contributed by atoms with Crippen LogP contribution in [-0.4, -0.2) is 48.9 Å². The van der Waals surface area contributed by atoms with Crippen molar-refractivity contribution < 1.29 is 19.4 Å². The van der Waals surface area contributed by atoms with Crippen molar-refractivity contribution in [3.8, 4) is 5.75 Å². The molecule has 0 aliphatic carbocycles. The van der Waals surface area contributed by atoms with E-state index < -0.39 is 12.1 Å². The maximum atomic E-state index is 11.0. The molecule has 2 rings (SSSR count). The van der Waals surface area contributed by atoms with Crippen LogP contribution in [0.3, 0.4) is 0 Å². The molecular weight excluding hydrogens is 282 g/mol. The Hall–Kier alpha value is -1.59. The zero-order chi connectivity index (χ0) is 15.9. The molecule has 1 saturated heterocycles. The van der Waals surface area contributed by atoms with Crippen molar-refractivity contribution in [2.24, 2.45) is 5.92 Å². The van der Waals surface area contributed by atoms with Gasteiger partial charge in [0, 0.05) is 31.9 Å². The van der Waals surface area contributed by atoms with E-state index in [2.05, 4.69) is 11.9 Å². The van der Waals surface area contributed by atoms with Crippen molar-refractivity contribution in [3.63, 3.8) is 0 Å². The number of ether oxygens (including phenoxy) is 2. The van der Waals surface area contributed by atoms with Gasteiger partial charge < -0.3 is 19.5 Å². The second-order valence-corrected chi connectivity index (χ2v) is 5.96. The summed E-state index contributed by atoms with van der Waals surface area (Å²) in [5.74, 6) is 0.367. The predicted molar refractivity (Wildman–Crippen MR) is 84.0 cm³/mol. The van der Waals surface area contributed by atoms with Crippen LogP contribution in [0.4, 0.5) is 0 Å². The van der Waals surface area contributed by atoms with Gasteiger partial charge in [-0.15, -0.1) is 0 Å². The standard InChI is InChI=1S/C17H25NO4/c1-13(17(19)20)22-16-6-4-3-5-15(16)12-18(2)11-14-7-9-21-10-8-14/h3-6,13-14H,7-12H2,1-2H3,(H,19,20)/t13-/m1/s1. The van der Waals surface area contributed by atoms with Crippen LogP contribution >= 0.6 is 0 Å². The molecule has 1 fully saturated rings. The third-order valence-electron chi connectivity index (χ3n) is 3.98. The van der Waals surface area contributed by atoms with Crippen LogP contribution in [0.1, 0.15) is 25.3 Å². The third kappa shape index (κ3) is 5.00. The summed E-state index contributed by atoms with van der Waals surface area (Å²) in [4.78, 5) is 13.2. The molecule has 1 N–H and O–H groups in total. The fourth-order valence-electron chi connectivity index (χ4n) is 2.72. The van der Waals surface area contributed by atoms with Gasteiger partial charge in [-0.3, -0.25) is 0 Å². The van der Waals surface area contributed by atoms with Crippen LogP contribution in [0.25, 0.3) is 0 Å². The zero-order valence-corrected chi connectivity index (χ0v) is 13.3. The van der Waals surface area contributed by atoms with E-state index in [9.17, 15) is 4.79 Å². The van der Waals surface area contributed by atoms with Gasteiger partial charge in [0.05, 0.1) is 0 Å². The lowest BCUT2D eigenvalue weighted by Crippen LogP contribution is -2.30. The lowest BCUT2D eigenvalue weighted by molar-refractivity contribution is -0.144. The lowest BCUT2D eigenvalue weighted by atomic mass is 9.99. The van der Waals surface area contributed by atoms with Crippen molar-refractivity contribution >= 4 is 5.97 Å². The van der Waals surface area contributed by atoms with E-state index in [4.69, 9.17) is 14.6 Å². The summed E-state index contributed by atoms with van der Waals surface area (Å²) in [5.41, 5.74) is 1.02. The first kappa shape index (κ1) is 16.8. The van der Waals surface area contributed by atoms with Gasteiger partial charge in [-0.25, -0.2) is 4.79 Å². The molecule has 1 aromatic rings. The van der Waals surface area contributed by atoms with Gasteiger partial charge in [0.15, 0.2) is 6.10 Å². The van der Waals surface area contributed by atoms with Crippen LogP contribution < -0.4 is 4.74 Å². The Kier molecular flexibility index (Phi) is 6.21. The quantitative estimate of drug-likeness (QED) is 0.838. The van der Waals surface area contributed by atoms with Gasteiger partial charge in [-0.05, 0) is 38.8 Å². The average molecular weight is 307 g/mol. The summed E-state index contributed by atoms with van der Waals surface area (Å²) in [6.07, 6.45) is 1.37. The molecule has 1 atom stereocenters. The highest BCUT2D eigenvalue weighted by Gasteiger charge is 2.18. The Morgan fingerprint density at radius 3 is 2.77 bits per heavy atom. The second-order valence-electron chi connectivity index (χ2n) is 5.96. The molecule has 5 nitrogen and oxygen atoms in total. The van der Waals surface area contributed by atoms with Gasteiger partial charge in [0.1, 0.15) is 5.75 Å². The first-order chi connectivity index (χ1) is 10.6. The number of hydrogen-bond donors (Lipinski definition) is 1. The fourth-order valence-corrected chi connectivity index (χ4v) is 2.72. The zero-order valence-electron chi connectivity index (χ0n) is 13.3. The molecule has 1 aliphatic rings. The molecule has 0 aromatic heterocycles. The summed E-state index contributed by atoms with van der Waals surface area (Å²) >= 11 is 0. The van der Waals surface area contributed by atoms with Crippen LogP contribution in [0, 0.1) is 5.92 Å². The Bertz CT molecular complexity index is 485. The highest BCUT2D eigenvalue weighted by Crippen LogP contribution is 2.22. The number of carbonyl (C=O) groups is 1. The minimum Gasteiger partial charge on any atom is -0.479 e. The lowest BCUT2D eigenvalue weighted by Gasteiger charge is -2.27. The largest absolute Gasteiger partial charge is 0.479 e. The SMILES string of the molecule is C[C@@H](Oc1ccccc1CN(C)CC1CCOCC1)C(=O)O. The molecule has 1 aromatic carbocycles. The van der Waals surface area contributed by atoms with Crippen LogP contribution in [0.2, 0.25) is 0 Å². The second kappa shape index (κ2) is 8.15. The molecule has 0 saturated carbocycles. The first-order valence-electron chi connectivity index (χ1n) is 7.80. The number of hydrogen-bond acceptors (Lipinski definition) is 4. The summed E-state index contributed by atoms with van der Waals surface area (Å²) in [7, 11) is 2.09. The molecule has 1 heterocycles. The van der Waals surface area contributed by atoms with E-state index in [1.54, 1.807) is 6.92 Å². The maximum Gasteiger partial charge on any atom is 0.344 e. The summed E-state index contributed by atoms with van der Waals surface area (Å²) in [6, 6.07) is 7.64. The predicted octanol–water partition coefficient (Wildman–Crippen LogP) is 2.40. The Morgan fingerprint density at radius 1 is 1.41 bits per heavy atom. The number of para-hydroxylation sites is 1. The monoisotopic (exact) mass is 307 g/mol. The minimum atomic E-state index is -0.953. The molecule has 22 heavy (non-hydrogen) atoms. The van der Waals surface area contributed by atoms with Gasteiger partial charge >= 0.3 is 5.97 Å². The number of rotatable bonds is 7. The molecule has 0 bridgehead atoms. The number of carboxylic acid groups (broad SMARTS) is 1. The van der Waals surface area contributed by atoms with E-state index in [0.29, 0.717) is 11.7 Å². The number of aliphatic carboxylic acids is 1. The van der Waals surface area contributed by atoms with E-state index in [-0.39, 0.29) is 0 Å². The molecule has 122 valence electrons. The molecule has 1 aliphatic heterocycles. The first-order valence-corrected chi connectivity index (χ1v) is 7.80. The Balaban J connectivity index is 1.94. The Labute approximate surface area is 131 Å². The van der Waals surface area contributed by atoms with E-state index >= 15 is 0 Å². The molecular formula is C17H25NO4. The summed E-state index contributed by atoms with van der Waals surface area (Å²) < 4.78 is 10.9. The molecule has 0 unspecified atom stereocenters. The number of carboxylic acids is 1. The van der Waals surface area contributed by atoms with Crippen molar-refractivity contribution in [2.75, 3.05) is 26.8 Å². The van der Waals surface area contributed by atoms with Gasteiger partial charge in [0.2, 0.25) is 0 Å². The smallest absolute Gasteiger partial charge is 0.344 e. The van der Waals surface area contributed by atoms with Gasteiger partial charge in [0.25, 0.3) is 0 Å². The Morgan fingerprint density at radius 2 is 2.09 bits per heavy atom. The summed E-state index contributed by atoms with van der Waals surface area (Å²) in [5, 5.41) is 8.99. The molecule has 0 amide bonds. The van der Waals surface area contributed by atoms with Crippen LogP contribution in [0.15, 0.2) is 24.3 Å². The average Bonchev–Trinajstić information content (AvgIpc) is 2.50. The number of nitrogens with zero attached hydrogens (tertiary/aromatic N) is 1. The molecule has 0 radical (unpaired) electrons. The van der Waals surface area contributed by atoms with E-state index in [0.717, 1.165) is 44.7 Å². The highest BCUT2D eigenvalue weighted by molar-refractivity contribution is 5.72. The maximum absolute atomic E-state index is 11.0. The van der Waals surface area contributed by atoms with Crippen molar-refractivity contribution in [2.45, 2.75) is 32.4 Å².